The van der Waals surface area contributed by atoms with E-state index in [4.69, 9.17) is 10.5 Å². The second-order valence-corrected chi connectivity index (χ2v) is 6.10. The average Bonchev–Trinajstić information content (AvgIpc) is 2.55. The summed E-state index contributed by atoms with van der Waals surface area (Å²) in [5.74, 6) is 1.17. The molecule has 1 aliphatic heterocycles. The summed E-state index contributed by atoms with van der Waals surface area (Å²) in [7, 11) is 0. The molecule has 7 heteroatoms. The van der Waals surface area contributed by atoms with Crippen molar-refractivity contribution in [3.63, 3.8) is 0 Å². The van der Waals surface area contributed by atoms with Crippen LogP contribution in [-0.2, 0) is 4.79 Å². The zero-order valence-electron chi connectivity index (χ0n) is 14.4. The molecule has 1 aromatic carbocycles. The Kier molecular flexibility index (Phi) is 11.0. The third kappa shape index (κ3) is 6.85. The molecule has 24 heavy (non-hydrogen) atoms. The lowest BCUT2D eigenvalue weighted by Gasteiger charge is -2.36. The van der Waals surface area contributed by atoms with Gasteiger partial charge in [0, 0.05) is 32.7 Å². The number of carbonyl (C=O) groups excluding carboxylic acids is 1. The van der Waals surface area contributed by atoms with Crippen molar-refractivity contribution in [3.8, 4) is 5.75 Å². The van der Waals surface area contributed by atoms with Crippen molar-refractivity contribution in [2.45, 2.75) is 19.9 Å². The second-order valence-electron chi connectivity index (χ2n) is 6.10. The van der Waals surface area contributed by atoms with Crippen molar-refractivity contribution in [1.29, 1.82) is 0 Å². The van der Waals surface area contributed by atoms with E-state index in [1.807, 2.05) is 49.1 Å². The molecule has 138 valence electrons. The zero-order valence-corrected chi connectivity index (χ0v) is 16.0. The number of ether oxygens (including phenoxy) is 1. The van der Waals surface area contributed by atoms with Gasteiger partial charge in [-0.05, 0) is 18.1 Å². The number of halogens is 2. The molecule has 2 rings (SSSR count). The third-order valence-electron chi connectivity index (χ3n) is 4.11. The number of nitrogens with zero attached hydrogens (tertiary/aromatic N) is 2. The summed E-state index contributed by atoms with van der Waals surface area (Å²) < 4.78 is 5.71. The molecule has 5 nitrogen and oxygen atoms in total. The van der Waals surface area contributed by atoms with Gasteiger partial charge in [-0.1, -0.05) is 32.0 Å². The maximum Gasteiger partial charge on any atom is 0.239 e. The number of hydrogen-bond acceptors (Lipinski definition) is 4. The van der Waals surface area contributed by atoms with E-state index >= 15 is 0 Å². The normalized spacial score (nSPS) is 16.1. The smallest absolute Gasteiger partial charge is 0.239 e. The van der Waals surface area contributed by atoms with Gasteiger partial charge in [0.15, 0.2) is 0 Å². The monoisotopic (exact) mass is 377 g/mol. The Bertz CT molecular complexity index is 466. The Morgan fingerprint density at radius 3 is 2.25 bits per heavy atom. The highest BCUT2D eigenvalue weighted by Gasteiger charge is 2.26. The fourth-order valence-electron chi connectivity index (χ4n) is 2.50. The van der Waals surface area contributed by atoms with Crippen LogP contribution in [0.15, 0.2) is 30.3 Å². The Balaban J connectivity index is 0.00000264. The van der Waals surface area contributed by atoms with Gasteiger partial charge in [-0.15, -0.1) is 24.8 Å². The van der Waals surface area contributed by atoms with Crippen LogP contribution in [0.5, 0.6) is 5.75 Å². The molecule has 1 aromatic rings. The molecule has 0 spiro atoms. The molecule has 0 aliphatic carbocycles. The maximum atomic E-state index is 12.2. The van der Waals surface area contributed by atoms with Crippen LogP contribution in [0.25, 0.3) is 0 Å². The van der Waals surface area contributed by atoms with Gasteiger partial charge in [0.2, 0.25) is 5.91 Å². The highest BCUT2D eigenvalue weighted by Crippen LogP contribution is 2.10. The number of hydrogen-bond donors (Lipinski definition) is 1. The maximum absolute atomic E-state index is 12.2. The predicted octanol–water partition coefficient (Wildman–Crippen LogP) is 2.04. The molecule has 1 amide bonds. The molecule has 0 unspecified atom stereocenters. The minimum atomic E-state index is -0.382. The summed E-state index contributed by atoms with van der Waals surface area (Å²) >= 11 is 0. The van der Waals surface area contributed by atoms with E-state index < -0.39 is 0 Å². The Morgan fingerprint density at radius 1 is 1.12 bits per heavy atom. The largest absolute Gasteiger partial charge is 0.492 e. The van der Waals surface area contributed by atoms with Crippen molar-refractivity contribution in [2.75, 3.05) is 39.3 Å². The molecular weight excluding hydrogens is 349 g/mol. The van der Waals surface area contributed by atoms with Gasteiger partial charge >= 0.3 is 0 Å². The summed E-state index contributed by atoms with van der Waals surface area (Å²) in [6.45, 7) is 8.80. The van der Waals surface area contributed by atoms with Crippen molar-refractivity contribution >= 4 is 30.7 Å². The van der Waals surface area contributed by atoms with Crippen LogP contribution in [-0.4, -0.2) is 61.1 Å². The van der Waals surface area contributed by atoms with E-state index in [9.17, 15) is 4.79 Å². The number of rotatable bonds is 6. The summed E-state index contributed by atoms with van der Waals surface area (Å²) in [6, 6.07) is 9.46. The Morgan fingerprint density at radius 2 is 1.71 bits per heavy atom. The minimum Gasteiger partial charge on any atom is -0.492 e. The van der Waals surface area contributed by atoms with E-state index in [-0.39, 0.29) is 42.7 Å². The standard InChI is InChI=1S/C17H27N3O2.2ClH/c1-14(2)16(18)17(21)20-10-8-19(9-11-20)12-13-22-15-6-4-3-5-7-15;;/h3-7,14,16H,8-13,18H2,1-2H3;2*1H/t16-;;/m0../s1. The number of piperazine rings is 1. The highest BCUT2D eigenvalue weighted by atomic mass is 35.5. The van der Waals surface area contributed by atoms with E-state index in [0.717, 1.165) is 38.5 Å². The fraction of sp³-hybridized carbons (Fsp3) is 0.588. The molecule has 1 atom stereocenters. The number of carbonyl (C=O) groups is 1. The number of para-hydroxylation sites is 1. The summed E-state index contributed by atoms with van der Waals surface area (Å²) in [5, 5.41) is 0. The molecule has 1 heterocycles. The highest BCUT2D eigenvalue weighted by molar-refractivity contribution is 5.85. The molecule has 0 saturated carbocycles. The van der Waals surface area contributed by atoms with Crippen molar-refractivity contribution in [3.05, 3.63) is 30.3 Å². The topological polar surface area (TPSA) is 58.8 Å². The second kappa shape index (κ2) is 11.5. The van der Waals surface area contributed by atoms with Crippen LogP contribution >= 0.6 is 24.8 Å². The lowest BCUT2D eigenvalue weighted by molar-refractivity contribution is -0.135. The van der Waals surface area contributed by atoms with E-state index in [2.05, 4.69) is 4.90 Å². The Hall–Kier alpha value is -1.01. The van der Waals surface area contributed by atoms with Gasteiger partial charge < -0.3 is 15.4 Å². The van der Waals surface area contributed by atoms with Gasteiger partial charge in [-0.3, -0.25) is 9.69 Å². The van der Waals surface area contributed by atoms with E-state index in [1.165, 1.54) is 0 Å². The number of nitrogens with two attached hydrogens (primary N) is 1. The molecule has 2 N–H and O–H groups in total. The van der Waals surface area contributed by atoms with Gasteiger partial charge in [-0.2, -0.15) is 0 Å². The van der Waals surface area contributed by atoms with Crippen molar-refractivity contribution in [1.82, 2.24) is 9.80 Å². The molecule has 0 aromatic heterocycles. The fourth-order valence-corrected chi connectivity index (χ4v) is 2.50. The molecule has 0 bridgehead atoms. The van der Waals surface area contributed by atoms with Gasteiger partial charge in [-0.25, -0.2) is 0 Å². The van der Waals surface area contributed by atoms with Crippen LogP contribution in [0.2, 0.25) is 0 Å². The van der Waals surface area contributed by atoms with Gasteiger partial charge in [0.1, 0.15) is 12.4 Å². The predicted molar refractivity (Wildman–Crippen MR) is 102 cm³/mol. The average molecular weight is 378 g/mol. The molecule has 0 radical (unpaired) electrons. The molecule has 1 aliphatic rings. The summed E-state index contributed by atoms with van der Waals surface area (Å²) in [5.41, 5.74) is 5.95. The van der Waals surface area contributed by atoms with E-state index in [1.54, 1.807) is 0 Å². The first-order valence-corrected chi connectivity index (χ1v) is 8.02. The minimum absolute atomic E-state index is 0. The first kappa shape index (κ1) is 23.0. The lowest BCUT2D eigenvalue weighted by atomic mass is 10.0. The first-order valence-electron chi connectivity index (χ1n) is 8.02. The van der Waals surface area contributed by atoms with Crippen LogP contribution < -0.4 is 10.5 Å². The van der Waals surface area contributed by atoms with Gasteiger partial charge in [0.25, 0.3) is 0 Å². The van der Waals surface area contributed by atoms with Crippen LogP contribution in [0.3, 0.4) is 0 Å². The van der Waals surface area contributed by atoms with Crippen LogP contribution in [0.4, 0.5) is 0 Å². The molecule has 1 saturated heterocycles. The zero-order chi connectivity index (χ0) is 15.9. The SMILES string of the molecule is CC(C)[C@H](N)C(=O)N1CCN(CCOc2ccccc2)CC1.Cl.Cl. The Labute approximate surface area is 157 Å². The molecular formula is C17H29Cl2N3O2. The van der Waals surface area contributed by atoms with Crippen LogP contribution in [0, 0.1) is 5.92 Å². The quantitative estimate of drug-likeness (QED) is 0.823. The number of benzene rings is 1. The van der Waals surface area contributed by atoms with Gasteiger partial charge in [0.05, 0.1) is 6.04 Å². The number of amides is 1. The molecule has 1 fully saturated rings. The van der Waals surface area contributed by atoms with E-state index in [0.29, 0.717) is 6.61 Å². The van der Waals surface area contributed by atoms with Crippen LogP contribution in [0.1, 0.15) is 13.8 Å². The van der Waals surface area contributed by atoms with Crippen molar-refractivity contribution < 1.29 is 9.53 Å². The summed E-state index contributed by atoms with van der Waals surface area (Å²) in [6.07, 6.45) is 0. The van der Waals surface area contributed by atoms with Crippen molar-refractivity contribution in [2.24, 2.45) is 11.7 Å². The lowest BCUT2D eigenvalue weighted by Crippen LogP contribution is -2.54. The third-order valence-corrected chi connectivity index (χ3v) is 4.11. The first-order chi connectivity index (χ1) is 10.6. The summed E-state index contributed by atoms with van der Waals surface area (Å²) in [4.78, 5) is 16.4.